The van der Waals surface area contributed by atoms with E-state index in [-0.39, 0.29) is 0 Å². The van der Waals surface area contributed by atoms with E-state index in [9.17, 15) is 0 Å². The Bertz CT molecular complexity index is 472. The smallest absolute Gasteiger partial charge is 0.227 e. The van der Waals surface area contributed by atoms with Gasteiger partial charge in [-0.2, -0.15) is 4.98 Å². The van der Waals surface area contributed by atoms with Crippen molar-refractivity contribution in [2.75, 3.05) is 30.3 Å². The summed E-state index contributed by atoms with van der Waals surface area (Å²) >= 11 is 0. The molecule has 1 saturated carbocycles. The largest absolute Gasteiger partial charge is 0.353 e. The van der Waals surface area contributed by atoms with Crippen molar-refractivity contribution in [3.05, 3.63) is 6.33 Å². The van der Waals surface area contributed by atoms with Crippen LogP contribution in [0, 0.1) is 0 Å². The molecule has 2 N–H and O–H groups in total. The third kappa shape index (κ3) is 4.77. The fourth-order valence-electron chi connectivity index (χ4n) is 3.81. The second-order valence-electron chi connectivity index (χ2n) is 6.77. The summed E-state index contributed by atoms with van der Waals surface area (Å²) in [7, 11) is 0. The lowest BCUT2D eigenvalue weighted by Crippen LogP contribution is -2.35. The van der Waals surface area contributed by atoms with Crippen molar-refractivity contribution >= 4 is 11.9 Å². The Hall–Kier alpha value is -1.43. The van der Waals surface area contributed by atoms with E-state index in [1.807, 2.05) is 0 Å². The van der Waals surface area contributed by atoms with Crippen LogP contribution in [0.5, 0.6) is 0 Å². The van der Waals surface area contributed by atoms with Gasteiger partial charge in [-0.25, -0.2) is 9.97 Å². The molecule has 1 aromatic rings. The van der Waals surface area contributed by atoms with E-state index in [2.05, 4.69) is 37.4 Å². The molecule has 23 heavy (non-hydrogen) atoms. The van der Waals surface area contributed by atoms with Gasteiger partial charge in [0, 0.05) is 18.6 Å². The lowest BCUT2D eigenvalue weighted by Gasteiger charge is -2.23. The van der Waals surface area contributed by atoms with Crippen LogP contribution < -0.4 is 10.6 Å². The second-order valence-corrected chi connectivity index (χ2v) is 6.77. The first-order valence-electron chi connectivity index (χ1n) is 9.28. The number of aromatic nitrogens is 3. The molecule has 0 spiro atoms. The number of likely N-dealkylation sites (tertiary alicyclic amines) is 1. The highest BCUT2D eigenvalue weighted by Gasteiger charge is 2.22. The molecule has 2 heterocycles. The van der Waals surface area contributed by atoms with E-state index < -0.39 is 0 Å². The van der Waals surface area contributed by atoms with Crippen molar-refractivity contribution in [1.29, 1.82) is 0 Å². The van der Waals surface area contributed by atoms with Crippen molar-refractivity contribution in [2.24, 2.45) is 0 Å². The SMILES string of the molecule is CCN1CCCC1CNc1ncnc(NC2CCCCCC2)n1. The first-order valence-corrected chi connectivity index (χ1v) is 9.28. The lowest BCUT2D eigenvalue weighted by atomic mass is 10.1. The van der Waals surface area contributed by atoms with Gasteiger partial charge in [-0.15, -0.1) is 0 Å². The predicted molar refractivity (Wildman–Crippen MR) is 93.7 cm³/mol. The third-order valence-corrected chi connectivity index (χ3v) is 5.16. The third-order valence-electron chi connectivity index (χ3n) is 5.16. The first kappa shape index (κ1) is 16.4. The highest BCUT2D eigenvalue weighted by atomic mass is 15.2. The molecule has 0 bridgehead atoms. The minimum absolute atomic E-state index is 0.512. The van der Waals surface area contributed by atoms with Crippen molar-refractivity contribution in [3.8, 4) is 0 Å². The van der Waals surface area contributed by atoms with Gasteiger partial charge in [-0.1, -0.05) is 32.6 Å². The standard InChI is InChI=1S/C17H30N6/c1-2-23-11-7-10-15(23)12-18-16-19-13-20-17(22-16)21-14-8-5-3-4-6-9-14/h13-15H,2-12H2,1H3,(H2,18,19,20,21,22). The summed E-state index contributed by atoms with van der Waals surface area (Å²) < 4.78 is 0. The summed E-state index contributed by atoms with van der Waals surface area (Å²) in [6, 6.07) is 1.12. The topological polar surface area (TPSA) is 66.0 Å². The maximum absolute atomic E-state index is 4.55. The van der Waals surface area contributed by atoms with E-state index in [1.54, 1.807) is 6.33 Å². The molecule has 2 aliphatic rings. The number of anilines is 2. The van der Waals surface area contributed by atoms with Gasteiger partial charge in [-0.05, 0) is 38.8 Å². The maximum Gasteiger partial charge on any atom is 0.227 e. The Morgan fingerprint density at radius 2 is 1.83 bits per heavy atom. The quantitative estimate of drug-likeness (QED) is 0.786. The Kier molecular flexibility index (Phi) is 6.02. The Balaban J connectivity index is 1.52. The number of hydrogen-bond donors (Lipinski definition) is 2. The van der Waals surface area contributed by atoms with Gasteiger partial charge in [0.05, 0.1) is 0 Å². The molecular weight excluding hydrogens is 288 g/mol. The summed E-state index contributed by atoms with van der Waals surface area (Å²) in [5, 5.41) is 6.89. The number of likely N-dealkylation sites (N-methyl/N-ethyl adjacent to an activating group) is 1. The van der Waals surface area contributed by atoms with Gasteiger partial charge in [0.2, 0.25) is 11.9 Å². The fourth-order valence-corrected chi connectivity index (χ4v) is 3.81. The molecule has 1 aliphatic carbocycles. The van der Waals surface area contributed by atoms with E-state index in [0.29, 0.717) is 24.0 Å². The summed E-state index contributed by atoms with van der Waals surface area (Å²) in [5.41, 5.74) is 0. The molecule has 1 aromatic heterocycles. The normalized spacial score (nSPS) is 23.6. The zero-order valence-corrected chi connectivity index (χ0v) is 14.3. The molecule has 0 radical (unpaired) electrons. The summed E-state index contributed by atoms with van der Waals surface area (Å²) in [4.78, 5) is 15.6. The number of nitrogens with one attached hydrogen (secondary N) is 2. The highest BCUT2D eigenvalue weighted by molar-refractivity contribution is 5.33. The zero-order chi connectivity index (χ0) is 15.9. The summed E-state index contributed by atoms with van der Waals surface area (Å²) in [6.45, 7) is 5.49. The van der Waals surface area contributed by atoms with Crippen LogP contribution in [0.25, 0.3) is 0 Å². The average Bonchev–Trinajstić information content (AvgIpc) is 2.89. The molecule has 128 valence electrons. The molecule has 1 atom stereocenters. The van der Waals surface area contributed by atoms with E-state index >= 15 is 0 Å². The molecule has 0 amide bonds. The number of nitrogens with zero attached hydrogens (tertiary/aromatic N) is 4. The number of rotatable bonds is 6. The Morgan fingerprint density at radius 3 is 2.61 bits per heavy atom. The van der Waals surface area contributed by atoms with Crippen LogP contribution in [0.2, 0.25) is 0 Å². The predicted octanol–water partition coefficient (Wildman–Crippen LogP) is 2.90. The number of hydrogen-bond acceptors (Lipinski definition) is 6. The second kappa shape index (κ2) is 8.43. The van der Waals surface area contributed by atoms with Crippen LogP contribution in [0.4, 0.5) is 11.9 Å². The molecular formula is C17H30N6. The van der Waals surface area contributed by atoms with Crippen LogP contribution in [0.15, 0.2) is 6.33 Å². The van der Waals surface area contributed by atoms with E-state index in [0.717, 1.165) is 13.1 Å². The Morgan fingerprint density at radius 1 is 1.04 bits per heavy atom. The van der Waals surface area contributed by atoms with Crippen molar-refractivity contribution in [2.45, 2.75) is 70.4 Å². The average molecular weight is 318 g/mol. The van der Waals surface area contributed by atoms with Crippen LogP contribution in [-0.4, -0.2) is 51.6 Å². The highest BCUT2D eigenvalue weighted by Crippen LogP contribution is 2.20. The molecule has 6 nitrogen and oxygen atoms in total. The monoisotopic (exact) mass is 318 g/mol. The molecule has 1 unspecified atom stereocenters. The minimum Gasteiger partial charge on any atom is -0.353 e. The summed E-state index contributed by atoms with van der Waals surface area (Å²) in [6.07, 6.45) is 12.0. The van der Waals surface area contributed by atoms with E-state index in [4.69, 9.17) is 0 Å². The van der Waals surface area contributed by atoms with Crippen LogP contribution >= 0.6 is 0 Å². The molecule has 3 rings (SSSR count). The van der Waals surface area contributed by atoms with Crippen molar-refractivity contribution in [3.63, 3.8) is 0 Å². The lowest BCUT2D eigenvalue weighted by molar-refractivity contribution is 0.277. The van der Waals surface area contributed by atoms with Gasteiger partial charge in [-0.3, -0.25) is 4.90 Å². The molecule has 6 heteroatoms. The molecule has 0 aromatic carbocycles. The van der Waals surface area contributed by atoms with Gasteiger partial charge < -0.3 is 10.6 Å². The maximum atomic E-state index is 4.55. The minimum atomic E-state index is 0.512. The molecule has 1 aliphatic heterocycles. The zero-order valence-electron chi connectivity index (χ0n) is 14.3. The van der Waals surface area contributed by atoms with E-state index in [1.165, 1.54) is 57.9 Å². The molecule has 1 saturated heterocycles. The first-order chi connectivity index (χ1) is 11.3. The Labute approximate surface area is 139 Å². The summed E-state index contributed by atoms with van der Waals surface area (Å²) in [5.74, 6) is 1.41. The van der Waals surface area contributed by atoms with Crippen LogP contribution in [-0.2, 0) is 0 Å². The van der Waals surface area contributed by atoms with Gasteiger partial charge in [0.25, 0.3) is 0 Å². The van der Waals surface area contributed by atoms with Gasteiger partial charge in [0.15, 0.2) is 0 Å². The van der Waals surface area contributed by atoms with Crippen molar-refractivity contribution in [1.82, 2.24) is 19.9 Å². The fraction of sp³-hybridized carbons (Fsp3) is 0.824. The van der Waals surface area contributed by atoms with Crippen LogP contribution in [0.1, 0.15) is 58.3 Å². The molecule has 2 fully saturated rings. The van der Waals surface area contributed by atoms with Crippen molar-refractivity contribution < 1.29 is 0 Å². The van der Waals surface area contributed by atoms with Crippen LogP contribution in [0.3, 0.4) is 0 Å². The van der Waals surface area contributed by atoms with Gasteiger partial charge in [0.1, 0.15) is 6.33 Å². The van der Waals surface area contributed by atoms with Gasteiger partial charge >= 0.3 is 0 Å².